The van der Waals surface area contributed by atoms with Gasteiger partial charge in [0.25, 0.3) is 0 Å². The molecule has 0 spiro atoms. The van der Waals surface area contributed by atoms with Gasteiger partial charge in [0.15, 0.2) is 5.65 Å². The quantitative estimate of drug-likeness (QED) is 0.722. The van der Waals surface area contributed by atoms with Crippen molar-refractivity contribution in [1.29, 1.82) is 0 Å². The van der Waals surface area contributed by atoms with E-state index in [0.29, 0.717) is 36.9 Å². The number of aromatic nitrogens is 4. The number of nitrogens with zero attached hydrogens (tertiary/aromatic N) is 4. The van der Waals surface area contributed by atoms with Crippen molar-refractivity contribution in [2.75, 3.05) is 18.5 Å². The summed E-state index contributed by atoms with van der Waals surface area (Å²) >= 11 is 0. The number of carbonyl (C=O) groups is 1. The van der Waals surface area contributed by atoms with Gasteiger partial charge in [-0.3, -0.25) is 4.79 Å². The van der Waals surface area contributed by atoms with Gasteiger partial charge in [0.1, 0.15) is 24.5 Å². The normalized spacial score (nSPS) is 15.9. The molecule has 1 atom stereocenters. The third-order valence-electron chi connectivity index (χ3n) is 4.02. The van der Waals surface area contributed by atoms with Crippen LogP contribution in [0.5, 0.6) is 5.75 Å². The zero-order valence-electron chi connectivity index (χ0n) is 12.8. The summed E-state index contributed by atoms with van der Waals surface area (Å²) < 4.78 is 7.45. The fourth-order valence-electron chi connectivity index (χ4n) is 2.87. The Morgan fingerprint density at radius 1 is 1.33 bits per heavy atom. The number of nitrogens with two attached hydrogens (primary N) is 1. The lowest BCUT2D eigenvalue weighted by molar-refractivity contribution is -0.119. The Bertz CT molecular complexity index is 892. The molecule has 0 aliphatic carbocycles. The van der Waals surface area contributed by atoms with Crippen LogP contribution in [0.25, 0.3) is 11.0 Å². The zero-order valence-corrected chi connectivity index (χ0v) is 12.8. The highest BCUT2D eigenvalue weighted by molar-refractivity contribution is 5.96. The second kappa shape index (κ2) is 5.80. The zero-order chi connectivity index (χ0) is 16.5. The second-order valence-electron chi connectivity index (χ2n) is 5.53. The average molecular weight is 324 g/mol. The first kappa shape index (κ1) is 14.4. The Labute approximate surface area is 137 Å². The minimum absolute atomic E-state index is 0.395. The minimum atomic E-state index is -0.484. The van der Waals surface area contributed by atoms with E-state index in [0.717, 1.165) is 11.1 Å². The van der Waals surface area contributed by atoms with Gasteiger partial charge in [-0.15, -0.1) is 0 Å². The van der Waals surface area contributed by atoms with Crippen LogP contribution in [0.2, 0.25) is 0 Å². The van der Waals surface area contributed by atoms with Crippen LogP contribution in [0.3, 0.4) is 0 Å². The third-order valence-corrected chi connectivity index (χ3v) is 4.02. The smallest absolute Gasteiger partial charge is 0.228 e. The molecule has 0 fully saturated rings. The van der Waals surface area contributed by atoms with E-state index in [1.807, 2.05) is 30.3 Å². The highest BCUT2D eigenvalue weighted by Crippen LogP contribution is 2.32. The Morgan fingerprint density at radius 3 is 2.96 bits per heavy atom. The van der Waals surface area contributed by atoms with Gasteiger partial charge in [0.05, 0.1) is 23.5 Å². The lowest BCUT2D eigenvalue weighted by Gasteiger charge is -2.18. The number of carbonyl (C=O) groups excluding carboxylic acids is 1. The predicted molar refractivity (Wildman–Crippen MR) is 87.7 cm³/mol. The number of amides is 1. The molecule has 24 heavy (non-hydrogen) atoms. The number of para-hydroxylation sites is 1. The van der Waals surface area contributed by atoms with Crippen LogP contribution >= 0.6 is 0 Å². The van der Waals surface area contributed by atoms with Crippen molar-refractivity contribution >= 4 is 22.8 Å². The number of nitrogens with one attached hydrogen (secondary N) is 1. The van der Waals surface area contributed by atoms with Gasteiger partial charge in [-0.05, 0) is 12.1 Å². The van der Waals surface area contributed by atoms with Gasteiger partial charge in [-0.2, -0.15) is 5.10 Å². The van der Waals surface area contributed by atoms with Crippen molar-refractivity contribution in [1.82, 2.24) is 19.7 Å². The molecule has 1 unspecified atom stereocenters. The maximum absolute atomic E-state index is 11.7. The molecule has 1 aromatic carbocycles. The first-order valence-electron chi connectivity index (χ1n) is 7.66. The van der Waals surface area contributed by atoms with E-state index < -0.39 is 11.8 Å². The minimum Gasteiger partial charge on any atom is -0.492 e. The van der Waals surface area contributed by atoms with Crippen LogP contribution < -0.4 is 15.8 Å². The van der Waals surface area contributed by atoms with E-state index in [9.17, 15) is 4.79 Å². The van der Waals surface area contributed by atoms with Gasteiger partial charge in [-0.1, -0.05) is 18.2 Å². The monoisotopic (exact) mass is 324 g/mol. The Hall–Kier alpha value is -3.16. The molecule has 0 radical (unpaired) electrons. The van der Waals surface area contributed by atoms with Crippen LogP contribution in [-0.2, 0) is 11.3 Å². The number of rotatable bonds is 5. The molecule has 4 rings (SSSR count). The molecule has 3 heterocycles. The second-order valence-corrected chi connectivity index (χ2v) is 5.53. The molecule has 1 aliphatic rings. The number of hydrogen-bond acceptors (Lipinski definition) is 6. The summed E-state index contributed by atoms with van der Waals surface area (Å²) in [7, 11) is 0. The van der Waals surface area contributed by atoms with Crippen molar-refractivity contribution in [3.8, 4) is 5.75 Å². The van der Waals surface area contributed by atoms with Crippen LogP contribution in [0.15, 0.2) is 36.7 Å². The molecule has 8 nitrogen and oxygen atoms in total. The standard InChI is InChI=1S/C16H16N6O2/c17-14(23)11-8-18-15-12-13(11)21-22(16(12)20-9-19-15)6-7-24-10-4-2-1-3-5-10/h1-5,9,11H,6-8H2,(H2,17,23)(H,18,19,20). The predicted octanol–water partition coefficient (Wildman–Crippen LogP) is 0.900. The largest absolute Gasteiger partial charge is 0.492 e. The summed E-state index contributed by atoms with van der Waals surface area (Å²) in [6.45, 7) is 1.34. The van der Waals surface area contributed by atoms with E-state index in [-0.39, 0.29) is 0 Å². The van der Waals surface area contributed by atoms with Gasteiger partial charge >= 0.3 is 0 Å². The summed E-state index contributed by atoms with van der Waals surface area (Å²) in [6, 6.07) is 9.57. The SMILES string of the molecule is NC(=O)C1CNc2ncnc3c2c1nn3CCOc1ccccc1. The summed E-state index contributed by atoms with van der Waals surface area (Å²) in [4.78, 5) is 20.2. The highest BCUT2D eigenvalue weighted by atomic mass is 16.5. The van der Waals surface area contributed by atoms with E-state index >= 15 is 0 Å². The molecule has 8 heteroatoms. The number of hydrogen-bond donors (Lipinski definition) is 2. The lowest BCUT2D eigenvalue weighted by atomic mass is 9.99. The average Bonchev–Trinajstić information content (AvgIpc) is 2.96. The summed E-state index contributed by atoms with van der Waals surface area (Å²) in [5.41, 5.74) is 6.79. The van der Waals surface area contributed by atoms with Crippen molar-refractivity contribution in [3.05, 3.63) is 42.4 Å². The van der Waals surface area contributed by atoms with Crippen molar-refractivity contribution in [2.24, 2.45) is 5.73 Å². The van der Waals surface area contributed by atoms with Crippen molar-refractivity contribution < 1.29 is 9.53 Å². The van der Waals surface area contributed by atoms with Crippen LogP contribution in [-0.4, -0.2) is 38.8 Å². The molecular weight excluding hydrogens is 308 g/mol. The molecule has 0 bridgehead atoms. The van der Waals surface area contributed by atoms with Gasteiger partial charge in [-0.25, -0.2) is 14.6 Å². The molecule has 3 aromatic rings. The highest BCUT2D eigenvalue weighted by Gasteiger charge is 2.31. The third kappa shape index (κ3) is 2.41. The Kier molecular flexibility index (Phi) is 3.49. The molecule has 122 valence electrons. The Balaban J connectivity index is 1.63. The van der Waals surface area contributed by atoms with Crippen LogP contribution in [0.4, 0.5) is 5.82 Å². The number of primary amides is 1. The Morgan fingerprint density at radius 2 is 2.17 bits per heavy atom. The van der Waals surface area contributed by atoms with Crippen molar-refractivity contribution in [2.45, 2.75) is 12.5 Å². The summed E-state index contributed by atoms with van der Waals surface area (Å²) in [6.07, 6.45) is 1.48. The first-order valence-corrected chi connectivity index (χ1v) is 7.66. The van der Waals surface area contributed by atoms with Crippen molar-refractivity contribution in [3.63, 3.8) is 0 Å². The number of ether oxygens (including phenoxy) is 1. The van der Waals surface area contributed by atoms with Crippen LogP contribution in [0, 0.1) is 0 Å². The first-order chi connectivity index (χ1) is 11.7. The van der Waals surface area contributed by atoms with Gasteiger partial charge in [0.2, 0.25) is 5.91 Å². The summed E-state index contributed by atoms with van der Waals surface area (Å²) in [5, 5.41) is 8.42. The van der Waals surface area contributed by atoms with Gasteiger partial charge in [0, 0.05) is 6.54 Å². The maximum Gasteiger partial charge on any atom is 0.228 e. The molecular formula is C16H16N6O2. The maximum atomic E-state index is 11.7. The molecule has 0 saturated heterocycles. The lowest BCUT2D eigenvalue weighted by Crippen LogP contribution is -2.30. The molecule has 1 aliphatic heterocycles. The number of benzene rings is 1. The van der Waals surface area contributed by atoms with E-state index in [2.05, 4.69) is 20.4 Å². The molecule has 1 amide bonds. The fourth-order valence-corrected chi connectivity index (χ4v) is 2.87. The van der Waals surface area contributed by atoms with E-state index in [1.54, 1.807) is 4.68 Å². The van der Waals surface area contributed by atoms with Crippen LogP contribution in [0.1, 0.15) is 11.6 Å². The molecule has 2 aromatic heterocycles. The van der Waals surface area contributed by atoms with E-state index in [4.69, 9.17) is 10.5 Å². The van der Waals surface area contributed by atoms with Gasteiger partial charge < -0.3 is 15.8 Å². The molecule has 3 N–H and O–H groups in total. The number of anilines is 1. The fraction of sp³-hybridized carbons (Fsp3) is 0.250. The van der Waals surface area contributed by atoms with E-state index in [1.165, 1.54) is 6.33 Å². The summed E-state index contributed by atoms with van der Waals surface area (Å²) in [5.74, 6) is 0.583. The molecule has 0 saturated carbocycles. The topological polar surface area (TPSA) is 108 Å².